The Kier molecular flexibility index (Phi) is 6.47. The molecule has 0 saturated carbocycles. The molecule has 2 rings (SSSR count). The summed E-state index contributed by atoms with van der Waals surface area (Å²) in [6.45, 7) is -1.09. The lowest BCUT2D eigenvalue weighted by Gasteiger charge is -2.28. The van der Waals surface area contributed by atoms with Gasteiger partial charge in [0, 0.05) is 12.0 Å². The summed E-state index contributed by atoms with van der Waals surface area (Å²) >= 11 is 0. The van der Waals surface area contributed by atoms with Crippen LogP contribution in [0.1, 0.15) is 22.8 Å². The molecule has 134 valence electrons. The van der Waals surface area contributed by atoms with Crippen LogP contribution in [0.2, 0.25) is 0 Å². The fourth-order valence-corrected chi connectivity index (χ4v) is 2.50. The fraction of sp³-hybridized carbons (Fsp3) is 0.316. The Labute approximate surface area is 145 Å². The molecule has 0 aliphatic heterocycles. The molecule has 2 aromatic rings. The van der Waals surface area contributed by atoms with Crippen molar-refractivity contribution in [3.8, 4) is 5.75 Å². The zero-order valence-corrected chi connectivity index (χ0v) is 13.9. The van der Waals surface area contributed by atoms with E-state index in [-0.39, 0.29) is 24.5 Å². The fourth-order valence-electron chi connectivity index (χ4n) is 2.50. The number of aliphatic hydroxyl groups is 1. The molecule has 1 amide bonds. The number of benzene rings is 2. The zero-order valence-electron chi connectivity index (χ0n) is 13.9. The number of halogens is 2. The maximum absolute atomic E-state index is 12.4. The predicted molar refractivity (Wildman–Crippen MR) is 90.7 cm³/mol. The van der Waals surface area contributed by atoms with E-state index in [2.05, 4.69) is 10.1 Å². The summed E-state index contributed by atoms with van der Waals surface area (Å²) in [5, 5.41) is 12.4. The van der Waals surface area contributed by atoms with Crippen molar-refractivity contribution >= 4 is 5.91 Å². The number of ether oxygens (including phenoxy) is 1. The maximum Gasteiger partial charge on any atom is 0.387 e. The van der Waals surface area contributed by atoms with Gasteiger partial charge in [0.25, 0.3) is 5.91 Å². The van der Waals surface area contributed by atoms with Crippen molar-refractivity contribution in [1.82, 2.24) is 5.32 Å². The van der Waals surface area contributed by atoms with Gasteiger partial charge in [-0.2, -0.15) is 8.78 Å². The summed E-state index contributed by atoms with van der Waals surface area (Å²) in [5.41, 5.74) is 0.493. The third-order valence-electron chi connectivity index (χ3n) is 3.88. The Hall–Kier alpha value is -2.47. The molecule has 6 heteroatoms. The van der Waals surface area contributed by atoms with E-state index in [9.17, 15) is 18.7 Å². The van der Waals surface area contributed by atoms with E-state index in [0.717, 1.165) is 5.56 Å². The molecule has 0 radical (unpaired) electrons. The van der Waals surface area contributed by atoms with Crippen molar-refractivity contribution in [2.75, 3.05) is 13.2 Å². The van der Waals surface area contributed by atoms with Gasteiger partial charge in [0.05, 0.1) is 12.2 Å². The molecule has 0 bridgehead atoms. The SMILES string of the molecule is C[C@@](CO)(CNC(=O)c1ccccc1OC(F)F)Cc1ccccc1. The first-order chi connectivity index (χ1) is 11.9. The van der Waals surface area contributed by atoms with Gasteiger partial charge < -0.3 is 15.2 Å². The second-order valence-corrected chi connectivity index (χ2v) is 6.19. The van der Waals surface area contributed by atoms with Crippen LogP contribution in [0.25, 0.3) is 0 Å². The standard InChI is InChI=1S/C19H21F2NO3/c1-19(13-23,11-14-7-3-2-4-8-14)12-22-17(24)15-9-5-6-10-16(15)25-18(20)21/h2-10,18,23H,11-13H2,1H3,(H,22,24)/t19-/m0/s1. The summed E-state index contributed by atoms with van der Waals surface area (Å²) in [6, 6.07) is 15.4. The average Bonchev–Trinajstić information content (AvgIpc) is 2.60. The lowest BCUT2D eigenvalue weighted by molar-refractivity contribution is -0.0501. The molecule has 2 aromatic carbocycles. The van der Waals surface area contributed by atoms with Crippen LogP contribution in [-0.4, -0.2) is 30.8 Å². The van der Waals surface area contributed by atoms with Crippen LogP contribution in [0.3, 0.4) is 0 Å². The first-order valence-corrected chi connectivity index (χ1v) is 7.90. The Morgan fingerprint density at radius 3 is 2.44 bits per heavy atom. The van der Waals surface area contributed by atoms with E-state index in [1.54, 1.807) is 6.07 Å². The van der Waals surface area contributed by atoms with E-state index < -0.39 is 17.9 Å². The number of hydrogen-bond donors (Lipinski definition) is 2. The monoisotopic (exact) mass is 349 g/mol. The first-order valence-electron chi connectivity index (χ1n) is 7.90. The summed E-state index contributed by atoms with van der Waals surface area (Å²) < 4.78 is 29.3. The summed E-state index contributed by atoms with van der Waals surface area (Å²) in [4.78, 5) is 12.3. The highest BCUT2D eigenvalue weighted by Crippen LogP contribution is 2.23. The molecule has 0 aromatic heterocycles. The van der Waals surface area contributed by atoms with Crippen LogP contribution < -0.4 is 10.1 Å². The van der Waals surface area contributed by atoms with Crippen molar-refractivity contribution in [3.63, 3.8) is 0 Å². The quantitative estimate of drug-likeness (QED) is 0.769. The number of aliphatic hydroxyl groups excluding tert-OH is 1. The van der Waals surface area contributed by atoms with Crippen LogP contribution in [0.4, 0.5) is 8.78 Å². The van der Waals surface area contributed by atoms with Gasteiger partial charge in [0.15, 0.2) is 0 Å². The summed E-state index contributed by atoms with van der Waals surface area (Å²) in [6.07, 6.45) is 0.569. The Morgan fingerprint density at radius 1 is 1.16 bits per heavy atom. The normalized spacial score (nSPS) is 13.3. The molecule has 0 unspecified atom stereocenters. The van der Waals surface area contributed by atoms with Crippen LogP contribution >= 0.6 is 0 Å². The van der Waals surface area contributed by atoms with E-state index in [4.69, 9.17) is 0 Å². The number of carbonyl (C=O) groups is 1. The summed E-state index contributed by atoms with van der Waals surface area (Å²) in [7, 11) is 0. The van der Waals surface area contributed by atoms with Crippen molar-refractivity contribution in [1.29, 1.82) is 0 Å². The smallest absolute Gasteiger partial charge is 0.387 e. The third kappa shape index (κ3) is 5.53. The molecule has 0 aliphatic rings. The predicted octanol–water partition coefficient (Wildman–Crippen LogP) is 3.26. The molecular weight excluding hydrogens is 328 g/mol. The van der Waals surface area contributed by atoms with Gasteiger partial charge in [-0.25, -0.2) is 0 Å². The van der Waals surface area contributed by atoms with Crippen molar-refractivity contribution in [3.05, 3.63) is 65.7 Å². The number of hydrogen-bond acceptors (Lipinski definition) is 3. The lowest BCUT2D eigenvalue weighted by atomic mass is 9.84. The Balaban J connectivity index is 2.05. The van der Waals surface area contributed by atoms with Crippen molar-refractivity contribution in [2.45, 2.75) is 20.0 Å². The zero-order chi connectivity index (χ0) is 18.3. The van der Waals surface area contributed by atoms with Gasteiger partial charge in [-0.1, -0.05) is 49.4 Å². The minimum absolute atomic E-state index is 0.0304. The molecule has 0 spiro atoms. The molecule has 1 atom stereocenters. The maximum atomic E-state index is 12.4. The van der Waals surface area contributed by atoms with Gasteiger partial charge in [-0.3, -0.25) is 4.79 Å². The number of para-hydroxylation sites is 1. The Bertz CT molecular complexity index is 694. The van der Waals surface area contributed by atoms with Gasteiger partial charge in [-0.05, 0) is 24.1 Å². The van der Waals surface area contributed by atoms with E-state index in [1.807, 2.05) is 37.3 Å². The van der Waals surface area contributed by atoms with Crippen LogP contribution in [0.15, 0.2) is 54.6 Å². The highest BCUT2D eigenvalue weighted by atomic mass is 19.3. The van der Waals surface area contributed by atoms with Gasteiger partial charge in [-0.15, -0.1) is 0 Å². The molecule has 2 N–H and O–H groups in total. The first kappa shape index (κ1) is 18.9. The molecular formula is C19H21F2NO3. The molecule has 25 heavy (non-hydrogen) atoms. The number of nitrogens with one attached hydrogen (secondary N) is 1. The van der Waals surface area contributed by atoms with Crippen LogP contribution in [0.5, 0.6) is 5.75 Å². The largest absolute Gasteiger partial charge is 0.434 e. The lowest BCUT2D eigenvalue weighted by Crippen LogP contribution is -2.39. The molecule has 0 saturated heterocycles. The highest BCUT2D eigenvalue weighted by molar-refractivity contribution is 5.96. The van der Waals surface area contributed by atoms with Gasteiger partial charge in [0.1, 0.15) is 5.75 Å². The molecule has 0 heterocycles. The molecule has 0 aliphatic carbocycles. The van der Waals surface area contributed by atoms with Crippen LogP contribution in [-0.2, 0) is 6.42 Å². The minimum atomic E-state index is -3.00. The Morgan fingerprint density at radius 2 is 1.80 bits per heavy atom. The van der Waals surface area contributed by atoms with Crippen molar-refractivity contribution in [2.24, 2.45) is 5.41 Å². The van der Waals surface area contributed by atoms with Gasteiger partial charge in [0.2, 0.25) is 0 Å². The second-order valence-electron chi connectivity index (χ2n) is 6.19. The molecule has 4 nitrogen and oxygen atoms in total. The topological polar surface area (TPSA) is 58.6 Å². The summed E-state index contributed by atoms with van der Waals surface area (Å²) in [5.74, 6) is -0.701. The third-order valence-corrected chi connectivity index (χ3v) is 3.88. The number of alkyl halides is 2. The second kappa shape index (κ2) is 8.58. The van der Waals surface area contributed by atoms with E-state index >= 15 is 0 Å². The molecule has 0 fully saturated rings. The number of rotatable bonds is 8. The van der Waals surface area contributed by atoms with E-state index in [0.29, 0.717) is 6.42 Å². The van der Waals surface area contributed by atoms with Crippen molar-refractivity contribution < 1.29 is 23.4 Å². The van der Waals surface area contributed by atoms with Gasteiger partial charge >= 0.3 is 6.61 Å². The highest BCUT2D eigenvalue weighted by Gasteiger charge is 2.25. The number of carbonyl (C=O) groups excluding carboxylic acids is 1. The average molecular weight is 349 g/mol. The minimum Gasteiger partial charge on any atom is -0.434 e. The van der Waals surface area contributed by atoms with E-state index in [1.165, 1.54) is 18.2 Å². The number of amides is 1. The van der Waals surface area contributed by atoms with Crippen LogP contribution in [0, 0.1) is 5.41 Å².